The third-order valence-corrected chi connectivity index (χ3v) is 3.99. The monoisotopic (exact) mass is 279 g/mol. The third-order valence-electron chi connectivity index (χ3n) is 3.74. The van der Waals surface area contributed by atoms with Crippen molar-refractivity contribution >= 4 is 17.9 Å². The minimum Gasteiger partial charge on any atom is -0.383 e. The molecule has 0 aromatic heterocycles. The van der Waals surface area contributed by atoms with Crippen LogP contribution in [0.1, 0.15) is 24.8 Å². The molecule has 0 amide bonds. The van der Waals surface area contributed by atoms with Gasteiger partial charge in [-0.25, -0.2) is 0 Å². The molecule has 1 fully saturated rings. The number of halogens is 1. The van der Waals surface area contributed by atoms with Crippen molar-refractivity contribution in [2.24, 2.45) is 11.0 Å². The fourth-order valence-electron chi connectivity index (χ4n) is 2.54. The van der Waals surface area contributed by atoms with E-state index in [0.717, 1.165) is 12.0 Å². The number of nitrogens with zero attached hydrogens (tertiary/aromatic N) is 2. The Labute approximate surface area is 118 Å². The van der Waals surface area contributed by atoms with Gasteiger partial charge in [0.15, 0.2) is 0 Å². The molecule has 102 valence electrons. The smallest absolute Gasteiger partial charge is 0.110 e. The van der Waals surface area contributed by atoms with E-state index < -0.39 is 5.60 Å². The number of aliphatic hydroxyl groups is 1. The fraction of sp³-hybridized carbons (Fsp3) is 0.500. The summed E-state index contributed by atoms with van der Waals surface area (Å²) in [5, 5.41) is 20.8. The number of hydrogen-bond acceptors (Lipinski definition) is 4. The van der Waals surface area contributed by atoms with Crippen LogP contribution in [0.25, 0.3) is 0 Å². The van der Waals surface area contributed by atoms with E-state index in [2.05, 4.69) is 10.4 Å². The Morgan fingerprint density at radius 2 is 2.11 bits per heavy atom. The summed E-state index contributed by atoms with van der Waals surface area (Å²) in [5.74, 6) is 0.639. The molecule has 3 rings (SSSR count). The molecule has 2 aliphatic rings. The molecule has 1 saturated carbocycles. The summed E-state index contributed by atoms with van der Waals surface area (Å²) in [4.78, 5) is 0. The van der Waals surface area contributed by atoms with Gasteiger partial charge in [-0.15, -0.1) is 0 Å². The molecule has 1 aromatic carbocycles. The van der Waals surface area contributed by atoms with E-state index in [0.29, 0.717) is 24.2 Å². The first kappa shape index (κ1) is 12.8. The van der Waals surface area contributed by atoms with Gasteiger partial charge in [-0.2, -0.15) is 5.10 Å². The lowest BCUT2D eigenvalue weighted by Gasteiger charge is -2.32. The molecule has 1 heterocycles. The average Bonchev–Trinajstić information content (AvgIpc) is 3.04. The fourth-order valence-corrected chi connectivity index (χ4v) is 2.67. The summed E-state index contributed by atoms with van der Waals surface area (Å²) in [5.41, 5.74) is 0.0701. The molecule has 2 N–H and O–H groups in total. The van der Waals surface area contributed by atoms with E-state index in [1.54, 1.807) is 6.34 Å². The zero-order valence-corrected chi connectivity index (χ0v) is 11.5. The summed E-state index contributed by atoms with van der Waals surface area (Å²) in [7, 11) is 0. The number of nitrogens with one attached hydrogen (secondary N) is 1. The van der Waals surface area contributed by atoms with E-state index >= 15 is 0 Å². The van der Waals surface area contributed by atoms with Gasteiger partial charge in [0.25, 0.3) is 0 Å². The largest absolute Gasteiger partial charge is 0.383 e. The lowest BCUT2D eigenvalue weighted by atomic mass is 9.88. The van der Waals surface area contributed by atoms with E-state index in [1.165, 1.54) is 12.8 Å². The van der Waals surface area contributed by atoms with Crippen molar-refractivity contribution in [1.29, 1.82) is 0 Å². The zero-order valence-electron chi connectivity index (χ0n) is 10.7. The van der Waals surface area contributed by atoms with Crippen molar-refractivity contribution < 1.29 is 5.11 Å². The van der Waals surface area contributed by atoms with Crippen LogP contribution in [0.3, 0.4) is 0 Å². The highest BCUT2D eigenvalue weighted by Crippen LogP contribution is 2.41. The van der Waals surface area contributed by atoms with Crippen LogP contribution in [0, 0.1) is 5.92 Å². The molecule has 0 saturated heterocycles. The minimum atomic E-state index is -0.852. The average molecular weight is 280 g/mol. The summed E-state index contributed by atoms with van der Waals surface area (Å²) in [6.07, 6.45) is 4.90. The van der Waals surface area contributed by atoms with E-state index in [4.69, 9.17) is 11.6 Å². The lowest BCUT2D eigenvalue weighted by Crippen LogP contribution is -2.39. The van der Waals surface area contributed by atoms with Gasteiger partial charge in [0.05, 0.1) is 6.54 Å². The highest BCUT2D eigenvalue weighted by atomic mass is 35.5. The standard InChI is InChI=1S/C14H18ClN3O/c15-13-5-3-12(4-6-13)14(19,7-11-1-2-11)8-18-10-16-9-17-18/h3-6,9,11,19H,1-2,7-8,10H2,(H,16,17). The summed E-state index contributed by atoms with van der Waals surface area (Å²) < 4.78 is 0. The predicted molar refractivity (Wildman–Crippen MR) is 75.9 cm³/mol. The number of benzene rings is 1. The number of hydrazone groups is 1. The van der Waals surface area contributed by atoms with Gasteiger partial charge in [0, 0.05) is 5.02 Å². The molecule has 0 bridgehead atoms. The molecule has 1 aromatic rings. The summed E-state index contributed by atoms with van der Waals surface area (Å²) in [6, 6.07) is 7.50. The molecule has 0 spiro atoms. The van der Waals surface area contributed by atoms with Crippen LogP contribution in [0.4, 0.5) is 0 Å². The van der Waals surface area contributed by atoms with Gasteiger partial charge in [-0.1, -0.05) is 36.6 Å². The normalized spacial score (nSPS) is 21.3. The zero-order chi connectivity index (χ0) is 13.3. The van der Waals surface area contributed by atoms with Gasteiger partial charge in [0.1, 0.15) is 18.6 Å². The SMILES string of the molecule is OC(CC1CC1)(CN1CNC=N1)c1ccc(Cl)cc1. The van der Waals surface area contributed by atoms with Crippen molar-refractivity contribution in [3.8, 4) is 0 Å². The summed E-state index contributed by atoms with van der Waals surface area (Å²) in [6.45, 7) is 1.16. The predicted octanol–water partition coefficient (Wildman–Crippen LogP) is 2.13. The Morgan fingerprint density at radius 3 is 2.68 bits per heavy atom. The molecule has 5 heteroatoms. The Hall–Kier alpha value is -1.26. The number of rotatable bonds is 5. The summed E-state index contributed by atoms with van der Waals surface area (Å²) >= 11 is 5.92. The van der Waals surface area contributed by atoms with Gasteiger partial charge < -0.3 is 10.4 Å². The van der Waals surface area contributed by atoms with Gasteiger partial charge in [-0.3, -0.25) is 5.01 Å². The quantitative estimate of drug-likeness (QED) is 0.868. The van der Waals surface area contributed by atoms with Gasteiger partial charge >= 0.3 is 0 Å². The number of β-amino-alcohol motifs (C(OH)–C–C–N with tert-alkyl or cyclic N) is 1. The van der Waals surface area contributed by atoms with Crippen molar-refractivity contribution in [3.05, 3.63) is 34.9 Å². The first-order valence-corrected chi connectivity index (χ1v) is 7.03. The highest BCUT2D eigenvalue weighted by Gasteiger charge is 2.38. The molecule has 1 aliphatic carbocycles. The second kappa shape index (κ2) is 5.02. The van der Waals surface area contributed by atoms with Crippen molar-refractivity contribution in [2.75, 3.05) is 13.2 Å². The third kappa shape index (κ3) is 3.01. The maximum atomic E-state index is 11.1. The molecule has 0 radical (unpaired) electrons. The topological polar surface area (TPSA) is 47.9 Å². The van der Waals surface area contributed by atoms with Crippen molar-refractivity contribution in [2.45, 2.75) is 24.9 Å². The molecule has 1 aliphatic heterocycles. The maximum absolute atomic E-state index is 11.1. The molecule has 1 atom stereocenters. The van der Waals surface area contributed by atoms with Crippen LogP contribution >= 0.6 is 11.6 Å². The lowest BCUT2D eigenvalue weighted by molar-refractivity contribution is -0.0110. The second-order valence-corrected chi connectivity index (χ2v) is 5.89. The molecular weight excluding hydrogens is 262 g/mol. The van der Waals surface area contributed by atoms with Crippen LogP contribution in [-0.4, -0.2) is 29.7 Å². The molecule has 1 unspecified atom stereocenters. The van der Waals surface area contributed by atoms with Crippen LogP contribution in [-0.2, 0) is 5.60 Å². The molecule has 19 heavy (non-hydrogen) atoms. The van der Waals surface area contributed by atoms with Crippen LogP contribution in [0.5, 0.6) is 0 Å². The van der Waals surface area contributed by atoms with Gasteiger partial charge in [-0.05, 0) is 30.0 Å². The molecular formula is C14H18ClN3O. The second-order valence-electron chi connectivity index (χ2n) is 5.46. The van der Waals surface area contributed by atoms with Crippen molar-refractivity contribution in [3.63, 3.8) is 0 Å². The number of hydrogen-bond donors (Lipinski definition) is 2. The van der Waals surface area contributed by atoms with Crippen LogP contribution in [0.15, 0.2) is 29.4 Å². The van der Waals surface area contributed by atoms with E-state index in [-0.39, 0.29) is 0 Å². The van der Waals surface area contributed by atoms with Gasteiger partial charge in [0.2, 0.25) is 0 Å². The Bertz CT molecular complexity index is 472. The molecule has 4 nitrogen and oxygen atoms in total. The maximum Gasteiger partial charge on any atom is 0.110 e. The van der Waals surface area contributed by atoms with Crippen molar-refractivity contribution in [1.82, 2.24) is 10.3 Å². The van der Waals surface area contributed by atoms with E-state index in [9.17, 15) is 5.11 Å². The first-order valence-electron chi connectivity index (χ1n) is 6.65. The van der Waals surface area contributed by atoms with Crippen LogP contribution in [0.2, 0.25) is 5.02 Å². The first-order chi connectivity index (χ1) is 9.16. The van der Waals surface area contributed by atoms with Crippen LogP contribution < -0.4 is 5.32 Å². The Balaban J connectivity index is 1.81. The Kier molecular flexibility index (Phi) is 3.37. The Morgan fingerprint density at radius 1 is 1.37 bits per heavy atom. The highest BCUT2D eigenvalue weighted by molar-refractivity contribution is 6.30. The van der Waals surface area contributed by atoms with E-state index in [1.807, 2.05) is 29.3 Å². The minimum absolute atomic E-state index is 0.509.